The van der Waals surface area contributed by atoms with Gasteiger partial charge in [-0.1, -0.05) is 17.6 Å². The summed E-state index contributed by atoms with van der Waals surface area (Å²) >= 11 is 0. The van der Waals surface area contributed by atoms with E-state index in [1.54, 1.807) is 35.4 Å². The molecule has 3 aliphatic carbocycles. The van der Waals surface area contributed by atoms with Crippen LogP contribution in [-0.2, 0) is 0 Å². The maximum absolute atomic E-state index is 10.8. The molecule has 0 heterocycles. The molecule has 3 unspecified atom stereocenters. The molecule has 0 amide bonds. The van der Waals surface area contributed by atoms with Crippen molar-refractivity contribution in [2.24, 2.45) is 16.8 Å². The molecule has 3 atom stereocenters. The van der Waals surface area contributed by atoms with E-state index in [1.807, 2.05) is 6.21 Å². The van der Waals surface area contributed by atoms with Crippen molar-refractivity contribution in [3.05, 3.63) is 51.1 Å². The topological polar surface area (TPSA) is 55.5 Å². The Kier molecular flexibility index (Phi) is 4.21. The summed E-state index contributed by atoms with van der Waals surface area (Å²) in [6, 6.07) is 7.14. The molecule has 4 heteroatoms. The van der Waals surface area contributed by atoms with E-state index < -0.39 is 0 Å². The van der Waals surface area contributed by atoms with Gasteiger partial charge >= 0.3 is 0 Å². The molecule has 0 spiro atoms. The molecule has 1 fully saturated rings. The van der Waals surface area contributed by atoms with Crippen molar-refractivity contribution >= 4 is 11.9 Å². The van der Waals surface area contributed by atoms with Gasteiger partial charge in [-0.3, -0.25) is 15.1 Å². The zero-order valence-electron chi connectivity index (χ0n) is 14.0. The molecule has 1 aromatic rings. The zero-order chi connectivity index (χ0) is 16.5. The lowest BCUT2D eigenvalue weighted by Gasteiger charge is -2.44. The Bertz CT molecular complexity index is 690. The Morgan fingerprint density at radius 2 is 1.88 bits per heavy atom. The number of non-ortho nitro benzene ring substituents is 1. The molecule has 0 radical (unpaired) electrons. The van der Waals surface area contributed by atoms with E-state index in [0.717, 1.165) is 5.56 Å². The highest BCUT2D eigenvalue weighted by atomic mass is 16.6. The first-order valence-electron chi connectivity index (χ1n) is 9.21. The van der Waals surface area contributed by atoms with Crippen LogP contribution >= 0.6 is 0 Å². The van der Waals surface area contributed by atoms with Crippen LogP contribution < -0.4 is 0 Å². The molecule has 0 aromatic heterocycles. The van der Waals surface area contributed by atoms with Gasteiger partial charge in [-0.15, -0.1) is 0 Å². The molecule has 0 N–H and O–H groups in total. The average molecular weight is 324 g/mol. The highest BCUT2D eigenvalue weighted by molar-refractivity contribution is 5.80. The van der Waals surface area contributed by atoms with Gasteiger partial charge in [-0.25, -0.2) is 0 Å². The van der Waals surface area contributed by atoms with Crippen molar-refractivity contribution in [1.29, 1.82) is 0 Å². The van der Waals surface area contributed by atoms with Crippen molar-refractivity contribution in [2.45, 2.75) is 57.4 Å². The molecule has 1 saturated carbocycles. The summed E-state index contributed by atoms with van der Waals surface area (Å²) in [6.07, 6.45) is 12.5. The number of hydrogen-bond donors (Lipinski definition) is 0. The predicted octanol–water partition coefficient (Wildman–Crippen LogP) is 5.07. The van der Waals surface area contributed by atoms with Gasteiger partial charge in [0.2, 0.25) is 0 Å². The second-order valence-electron chi connectivity index (χ2n) is 7.45. The van der Waals surface area contributed by atoms with Gasteiger partial charge in [0.1, 0.15) is 0 Å². The van der Waals surface area contributed by atoms with E-state index in [-0.39, 0.29) is 10.6 Å². The molecule has 126 valence electrons. The largest absolute Gasteiger partial charge is 0.288 e. The van der Waals surface area contributed by atoms with Crippen LogP contribution in [0, 0.1) is 22.0 Å². The van der Waals surface area contributed by atoms with Crippen LogP contribution in [0.25, 0.3) is 0 Å². The number of nitro benzene ring substituents is 1. The molecule has 1 aromatic carbocycles. The second-order valence-corrected chi connectivity index (χ2v) is 7.45. The monoisotopic (exact) mass is 324 g/mol. The first kappa shape index (κ1) is 15.6. The van der Waals surface area contributed by atoms with Crippen LogP contribution in [0.5, 0.6) is 0 Å². The van der Waals surface area contributed by atoms with Crippen LogP contribution in [0.1, 0.15) is 56.9 Å². The maximum Gasteiger partial charge on any atom is 0.269 e. The fourth-order valence-corrected chi connectivity index (χ4v) is 4.94. The van der Waals surface area contributed by atoms with Crippen LogP contribution in [-0.4, -0.2) is 17.2 Å². The highest BCUT2D eigenvalue weighted by Crippen LogP contribution is 2.49. The summed E-state index contributed by atoms with van der Waals surface area (Å²) in [5.74, 6) is 1.36. The zero-order valence-corrected chi connectivity index (χ0v) is 14.0. The third-order valence-electron chi connectivity index (χ3n) is 6.07. The molecule has 0 aliphatic heterocycles. The molecule has 4 nitrogen and oxygen atoms in total. The number of benzene rings is 1. The van der Waals surface area contributed by atoms with Crippen molar-refractivity contribution in [3.63, 3.8) is 0 Å². The number of nitro groups is 1. The number of aliphatic imine (C=N–C) groups is 1. The van der Waals surface area contributed by atoms with E-state index in [0.29, 0.717) is 17.9 Å². The van der Waals surface area contributed by atoms with E-state index >= 15 is 0 Å². The lowest BCUT2D eigenvalue weighted by molar-refractivity contribution is -0.384. The highest BCUT2D eigenvalue weighted by Gasteiger charge is 2.40. The molecular weight excluding hydrogens is 300 g/mol. The number of hydrogen-bond acceptors (Lipinski definition) is 3. The summed E-state index contributed by atoms with van der Waals surface area (Å²) in [4.78, 5) is 15.4. The fourth-order valence-electron chi connectivity index (χ4n) is 4.94. The van der Waals surface area contributed by atoms with E-state index in [2.05, 4.69) is 0 Å². The number of fused-ring (bicyclic) bond motifs is 3. The molecule has 4 rings (SSSR count). The SMILES string of the molecule is O=[N+]([O-])c1ccc(C=NC2C3CCCC2C2=C(CCCC2)C3)cc1. The normalized spacial score (nSPS) is 29.6. The maximum atomic E-state index is 10.8. The van der Waals surface area contributed by atoms with E-state index in [1.165, 1.54) is 51.4 Å². The number of rotatable bonds is 3. The smallest absolute Gasteiger partial charge is 0.269 e. The van der Waals surface area contributed by atoms with E-state index in [4.69, 9.17) is 4.99 Å². The third-order valence-corrected chi connectivity index (χ3v) is 6.07. The van der Waals surface area contributed by atoms with Crippen molar-refractivity contribution < 1.29 is 4.92 Å². The van der Waals surface area contributed by atoms with Crippen molar-refractivity contribution in [1.82, 2.24) is 0 Å². The van der Waals surface area contributed by atoms with E-state index in [9.17, 15) is 10.1 Å². The van der Waals surface area contributed by atoms with Gasteiger partial charge < -0.3 is 0 Å². The van der Waals surface area contributed by atoms with Crippen LogP contribution in [0.15, 0.2) is 40.4 Å². The molecule has 0 saturated heterocycles. The summed E-state index contributed by atoms with van der Waals surface area (Å²) in [5, 5.41) is 10.8. The quantitative estimate of drug-likeness (QED) is 0.337. The summed E-state index contributed by atoms with van der Waals surface area (Å²) < 4.78 is 0. The minimum Gasteiger partial charge on any atom is -0.288 e. The molecular formula is C20H24N2O2. The summed E-state index contributed by atoms with van der Waals surface area (Å²) in [5.41, 5.74) is 4.60. The molecule has 24 heavy (non-hydrogen) atoms. The van der Waals surface area contributed by atoms with Gasteiger partial charge in [0.15, 0.2) is 0 Å². The standard InChI is InChI=1S/C20H24N2O2/c23-22(24)17-10-8-14(9-11-17)13-21-20-16-5-3-7-19(20)18-6-2-1-4-15(18)12-16/h8-11,13,16,19-20H,1-7,12H2. The second kappa shape index (κ2) is 6.50. The first-order chi connectivity index (χ1) is 11.7. The Labute approximate surface area is 142 Å². The fraction of sp³-hybridized carbons (Fsp3) is 0.550. The Morgan fingerprint density at radius 3 is 2.67 bits per heavy atom. The van der Waals surface area contributed by atoms with Gasteiger partial charge in [-0.2, -0.15) is 0 Å². The Hall–Kier alpha value is -1.97. The Balaban J connectivity index is 1.55. The molecule has 3 aliphatic rings. The van der Waals surface area contributed by atoms with Crippen LogP contribution in [0.4, 0.5) is 5.69 Å². The lowest BCUT2D eigenvalue weighted by Crippen LogP contribution is -2.38. The van der Waals surface area contributed by atoms with Gasteiger partial charge in [0.25, 0.3) is 5.69 Å². The average Bonchev–Trinajstić information content (AvgIpc) is 2.60. The number of nitrogens with zero attached hydrogens (tertiary/aromatic N) is 2. The van der Waals surface area contributed by atoms with Gasteiger partial charge in [0, 0.05) is 24.3 Å². The van der Waals surface area contributed by atoms with Crippen LogP contribution in [0.2, 0.25) is 0 Å². The Morgan fingerprint density at radius 1 is 1.08 bits per heavy atom. The minimum atomic E-state index is -0.358. The minimum absolute atomic E-state index is 0.138. The first-order valence-corrected chi connectivity index (χ1v) is 9.21. The lowest BCUT2D eigenvalue weighted by atomic mass is 9.63. The third kappa shape index (κ3) is 2.90. The van der Waals surface area contributed by atoms with Crippen molar-refractivity contribution in [3.8, 4) is 0 Å². The predicted molar refractivity (Wildman–Crippen MR) is 95.4 cm³/mol. The molecule has 2 bridgehead atoms. The van der Waals surface area contributed by atoms with Gasteiger partial charge in [-0.05, 0) is 68.6 Å². The van der Waals surface area contributed by atoms with Crippen LogP contribution in [0.3, 0.4) is 0 Å². The van der Waals surface area contributed by atoms with Crippen molar-refractivity contribution in [2.75, 3.05) is 0 Å². The number of allylic oxidation sites excluding steroid dienone is 1. The summed E-state index contributed by atoms with van der Waals surface area (Å²) in [7, 11) is 0. The summed E-state index contributed by atoms with van der Waals surface area (Å²) in [6.45, 7) is 0. The van der Waals surface area contributed by atoms with Gasteiger partial charge in [0.05, 0.1) is 11.0 Å².